The molecule has 29 heavy (non-hydrogen) atoms. The number of aromatic nitrogens is 2. The van der Waals surface area contributed by atoms with Gasteiger partial charge in [0.15, 0.2) is 0 Å². The summed E-state index contributed by atoms with van der Waals surface area (Å²) >= 11 is 0. The van der Waals surface area contributed by atoms with Gasteiger partial charge in [0.1, 0.15) is 0 Å². The van der Waals surface area contributed by atoms with Gasteiger partial charge in [-0.3, -0.25) is 9.89 Å². The highest BCUT2D eigenvalue weighted by atomic mass is 19.4. The number of carbonyl (C=O) groups is 1. The van der Waals surface area contributed by atoms with E-state index < -0.39 is 35.3 Å². The molecule has 0 saturated carbocycles. The molecule has 4 nitrogen and oxygen atoms in total. The molecule has 0 aliphatic heterocycles. The van der Waals surface area contributed by atoms with Crippen molar-refractivity contribution in [2.24, 2.45) is 0 Å². The molecule has 1 heterocycles. The van der Waals surface area contributed by atoms with E-state index in [1.54, 1.807) is 0 Å². The van der Waals surface area contributed by atoms with Crippen molar-refractivity contribution in [3.63, 3.8) is 0 Å². The highest BCUT2D eigenvalue weighted by Crippen LogP contribution is 2.37. The Balaban J connectivity index is 1.96. The van der Waals surface area contributed by atoms with E-state index in [4.69, 9.17) is 0 Å². The zero-order valence-corrected chi connectivity index (χ0v) is 14.5. The van der Waals surface area contributed by atoms with Crippen molar-refractivity contribution in [2.45, 2.75) is 18.4 Å². The van der Waals surface area contributed by atoms with E-state index in [2.05, 4.69) is 15.5 Å². The van der Waals surface area contributed by atoms with Gasteiger partial charge in [0.05, 0.1) is 17.8 Å². The Kier molecular flexibility index (Phi) is 5.36. The molecule has 2 N–H and O–H groups in total. The van der Waals surface area contributed by atoms with Crippen LogP contribution in [-0.2, 0) is 6.18 Å². The second kappa shape index (κ2) is 7.61. The molecular weight excluding hydrogens is 400 g/mol. The predicted molar refractivity (Wildman–Crippen MR) is 92.3 cm³/mol. The van der Waals surface area contributed by atoms with E-state index in [0.29, 0.717) is 5.56 Å². The highest BCUT2D eigenvalue weighted by molar-refractivity contribution is 6.00. The third-order valence-electron chi connectivity index (χ3n) is 4.15. The molecule has 0 spiro atoms. The number of nitrogens with zero attached hydrogens (tertiary/aromatic N) is 1. The highest BCUT2D eigenvalue weighted by Gasteiger charge is 2.39. The number of aromatic amines is 1. The zero-order valence-electron chi connectivity index (χ0n) is 14.5. The van der Waals surface area contributed by atoms with Crippen LogP contribution < -0.4 is 5.32 Å². The number of benzene rings is 2. The van der Waals surface area contributed by atoms with Crippen LogP contribution in [0.3, 0.4) is 0 Å². The molecule has 0 aliphatic rings. The molecule has 3 aromatic rings. The standard InChI is InChI=1S/C19H13F6N3O/c20-18(21,22)15-4-2-1-3-14(15)16(12-9-26-27-10-12)28-13-7-5-11(6-8-13)17(29)19(23,24)25/h1-10,16,28H,(H,26,27). The maximum atomic E-state index is 13.4. The number of rotatable bonds is 5. The molecule has 0 bridgehead atoms. The first kappa shape index (κ1) is 20.4. The molecule has 1 atom stereocenters. The Morgan fingerprint density at radius 2 is 1.62 bits per heavy atom. The number of ketones is 1. The first-order valence-electron chi connectivity index (χ1n) is 8.20. The van der Waals surface area contributed by atoms with Crippen LogP contribution in [0.1, 0.15) is 33.1 Å². The van der Waals surface area contributed by atoms with Crippen LogP contribution in [0.25, 0.3) is 0 Å². The third-order valence-corrected chi connectivity index (χ3v) is 4.15. The Hall–Kier alpha value is -3.30. The van der Waals surface area contributed by atoms with E-state index in [1.165, 1.54) is 42.7 Å². The number of Topliss-reactive ketones (excluding diaryl/α,β-unsaturated/α-hetero) is 1. The lowest BCUT2D eigenvalue weighted by molar-refractivity contribution is -0.138. The van der Waals surface area contributed by atoms with Gasteiger partial charge in [-0.25, -0.2) is 0 Å². The lowest BCUT2D eigenvalue weighted by Gasteiger charge is -2.23. The molecule has 0 saturated heterocycles. The molecule has 152 valence electrons. The largest absolute Gasteiger partial charge is 0.454 e. The van der Waals surface area contributed by atoms with Crippen LogP contribution >= 0.6 is 0 Å². The van der Waals surface area contributed by atoms with Gasteiger partial charge in [0, 0.05) is 23.0 Å². The summed E-state index contributed by atoms with van der Waals surface area (Å²) in [5.74, 6) is -2.00. The van der Waals surface area contributed by atoms with Gasteiger partial charge >= 0.3 is 12.4 Å². The lowest BCUT2D eigenvalue weighted by atomic mass is 9.95. The van der Waals surface area contributed by atoms with E-state index in [9.17, 15) is 31.1 Å². The van der Waals surface area contributed by atoms with Crippen molar-refractivity contribution in [2.75, 3.05) is 5.32 Å². The molecule has 10 heteroatoms. The lowest BCUT2D eigenvalue weighted by Crippen LogP contribution is -2.22. The molecule has 0 fully saturated rings. The fourth-order valence-corrected chi connectivity index (χ4v) is 2.81. The maximum Gasteiger partial charge on any atom is 0.454 e. The Morgan fingerprint density at radius 3 is 2.17 bits per heavy atom. The van der Waals surface area contributed by atoms with Gasteiger partial charge in [0.2, 0.25) is 0 Å². The number of hydrogen-bond donors (Lipinski definition) is 2. The van der Waals surface area contributed by atoms with Crippen LogP contribution in [0.2, 0.25) is 0 Å². The van der Waals surface area contributed by atoms with Crippen molar-refractivity contribution in [1.29, 1.82) is 0 Å². The van der Waals surface area contributed by atoms with E-state index >= 15 is 0 Å². The smallest absolute Gasteiger partial charge is 0.374 e. The van der Waals surface area contributed by atoms with Gasteiger partial charge in [0.25, 0.3) is 5.78 Å². The third kappa shape index (κ3) is 4.58. The Morgan fingerprint density at radius 1 is 0.966 bits per heavy atom. The molecule has 0 aliphatic carbocycles. The molecule has 0 radical (unpaired) electrons. The zero-order chi connectivity index (χ0) is 21.2. The minimum absolute atomic E-state index is 0.0863. The number of alkyl halides is 6. The van der Waals surface area contributed by atoms with Gasteiger partial charge in [-0.15, -0.1) is 0 Å². The van der Waals surface area contributed by atoms with Crippen LogP contribution in [0.5, 0.6) is 0 Å². The SMILES string of the molecule is O=C(c1ccc(NC(c2cn[nH]c2)c2ccccc2C(F)(F)F)cc1)C(F)(F)F. The fourth-order valence-electron chi connectivity index (χ4n) is 2.81. The molecular formula is C19H13F6N3O. The van der Waals surface area contributed by atoms with Crippen molar-refractivity contribution < 1.29 is 31.1 Å². The topological polar surface area (TPSA) is 57.8 Å². The predicted octanol–water partition coefficient (Wildman–Crippen LogP) is 5.38. The van der Waals surface area contributed by atoms with E-state index in [-0.39, 0.29) is 11.3 Å². The monoisotopic (exact) mass is 413 g/mol. The molecule has 2 aromatic carbocycles. The van der Waals surface area contributed by atoms with Crippen LogP contribution in [0.15, 0.2) is 60.9 Å². The van der Waals surface area contributed by atoms with Crippen molar-refractivity contribution >= 4 is 11.5 Å². The number of anilines is 1. The first-order chi connectivity index (χ1) is 13.6. The average Bonchev–Trinajstić information content (AvgIpc) is 3.19. The van der Waals surface area contributed by atoms with Crippen LogP contribution in [0, 0.1) is 0 Å². The van der Waals surface area contributed by atoms with E-state index in [1.807, 2.05) is 0 Å². The Bertz CT molecular complexity index is 978. The van der Waals surface area contributed by atoms with Gasteiger partial charge in [-0.1, -0.05) is 18.2 Å². The molecule has 0 amide bonds. The molecule has 1 unspecified atom stereocenters. The van der Waals surface area contributed by atoms with Crippen LogP contribution in [0.4, 0.5) is 32.0 Å². The summed E-state index contributed by atoms with van der Waals surface area (Å²) in [6.45, 7) is 0. The van der Waals surface area contributed by atoms with Gasteiger partial charge < -0.3 is 5.32 Å². The maximum absolute atomic E-state index is 13.4. The number of H-pyrrole nitrogens is 1. The summed E-state index contributed by atoms with van der Waals surface area (Å²) in [6, 6.07) is 8.27. The molecule has 3 rings (SSSR count). The quantitative estimate of drug-likeness (QED) is 0.437. The summed E-state index contributed by atoms with van der Waals surface area (Å²) in [7, 11) is 0. The van der Waals surface area contributed by atoms with E-state index in [0.717, 1.165) is 18.2 Å². The number of carbonyl (C=O) groups excluding carboxylic acids is 1. The van der Waals surface area contributed by atoms with Crippen LogP contribution in [-0.4, -0.2) is 22.2 Å². The number of nitrogens with one attached hydrogen (secondary N) is 2. The number of halogens is 6. The Labute approximate surface area is 160 Å². The minimum atomic E-state index is -5.01. The summed E-state index contributed by atoms with van der Waals surface area (Å²) in [4.78, 5) is 11.3. The fraction of sp³-hybridized carbons (Fsp3) is 0.158. The first-order valence-corrected chi connectivity index (χ1v) is 8.20. The number of hydrogen-bond acceptors (Lipinski definition) is 3. The average molecular weight is 413 g/mol. The molecule has 1 aromatic heterocycles. The summed E-state index contributed by atoms with van der Waals surface area (Å²) in [6.07, 6.45) is -6.87. The second-order valence-corrected chi connectivity index (χ2v) is 6.10. The summed E-state index contributed by atoms with van der Waals surface area (Å²) in [5.41, 5.74) is -0.901. The van der Waals surface area contributed by atoms with Crippen molar-refractivity contribution in [3.8, 4) is 0 Å². The van der Waals surface area contributed by atoms with Gasteiger partial charge in [-0.05, 0) is 35.9 Å². The van der Waals surface area contributed by atoms with Gasteiger partial charge in [-0.2, -0.15) is 31.4 Å². The van der Waals surface area contributed by atoms with Crippen molar-refractivity contribution in [1.82, 2.24) is 10.2 Å². The summed E-state index contributed by atoms with van der Waals surface area (Å²) < 4.78 is 77.9. The normalized spacial score (nSPS) is 13.2. The van der Waals surface area contributed by atoms with Crippen molar-refractivity contribution in [3.05, 3.63) is 83.2 Å². The second-order valence-electron chi connectivity index (χ2n) is 6.10. The minimum Gasteiger partial charge on any atom is -0.374 e. The summed E-state index contributed by atoms with van der Waals surface area (Å²) in [5, 5.41) is 9.14.